The molecule has 1 unspecified atom stereocenters. The van der Waals surface area contributed by atoms with Crippen molar-refractivity contribution in [2.45, 2.75) is 51.7 Å². The van der Waals surface area contributed by atoms with Crippen LogP contribution < -0.4 is 10.9 Å². The number of benzene rings is 1. The van der Waals surface area contributed by atoms with E-state index < -0.39 is 0 Å². The lowest BCUT2D eigenvalue weighted by Gasteiger charge is -2.32. The number of halogens is 1. The molecule has 1 N–H and O–H groups in total. The van der Waals surface area contributed by atoms with Crippen LogP contribution in [0, 0.1) is 0 Å². The predicted octanol–water partition coefficient (Wildman–Crippen LogP) is 3.51. The molecule has 0 aliphatic heterocycles. The van der Waals surface area contributed by atoms with E-state index in [0.717, 1.165) is 72.6 Å². The molecule has 0 bridgehead atoms. The third kappa shape index (κ3) is 5.57. The Kier molecular flexibility index (Phi) is 8.01. The number of rotatable bonds is 10. The molecule has 33 heavy (non-hydrogen) atoms. The first-order valence-corrected chi connectivity index (χ1v) is 12.4. The fourth-order valence-corrected chi connectivity index (χ4v) is 4.82. The number of fused-ring (bicyclic) bond motifs is 1. The van der Waals surface area contributed by atoms with Crippen LogP contribution in [-0.4, -0.2) is 44.6 Å². The Balaban J connectivity index is 1.76. The quantitative estimate of drug-likeness (QED) is 0.449. The second kappa shape index (κ2) is 11.1. The van der Waals surface area contributed by atoms with Gasteiger partial charge < -0.3 is 5.32 Å². The van der Waals surface area contributed by atoms with Gasteiger partial charge in [0.25, 0.3) is 5.56 Å². The van der Waals surface area contributed by atoms with Crippen LogP contribution in [0.1, 0.15) is 54.1 Å². The average molecular weight is 511 g/mol. The van der Waals surface area contributed by atoms with Crippen LogP contribution in [0.3, 0.4) is 0 Å². The van der Waals surface area contributed by atoms with E-state index in [1.165, 1.54) is 5.56 Å². The van der Waals surface area contributed by atoms with Crippen LogP contribution >= 0.6 is 15.9 Å². The lowest BCUT2D eigenvalue weighted by molar-refractivity contribution is 0.172. The van der Waals surface area contributed by atoms with Crippen LogP contribution in [0.25, 0.3) is 0 Å². The topological polar surface area (TPSA) is 75.9 Å². The van der Waals surface area contributed by atoms with Gasteiger partial charge in [-0.25, -0.2) is 4.98 Å². The first-order valence-electron chi connectivity index (χ1n) is 11.6. The summed E-state index contributed by atoms with van der Waals surface area (Å²) < 4.78 is 2.91. The minimum Gasteiger partial charge on any atom is -0.318 e. The van der Waals surface area contributed by atoms with Crippen molar-refractivity contribution in [1.82, 2.24) is 29.7 Å². The molecule has 0 saturated heterocycles. The molecule has 1 atom stereocenters. The van der Waals surface area contributed by atoms with Crippen molar-refractivity contribution in [3.8, 4) is 0 Å². The van der Waals surface area contributed by atoms with Crippen LogP contribution in [-0.2, 0) is 25.9 Å². The average Bonchev–Trinajstić information content (AvgIpc) is 3.31. The van der Waals surface area contributed by atoms with E-state index in [1.54, 1.807) is 18.6 Å². The Morgan fingerprint density at radius 1 is 1.21 bits per heavy atom. The maximum absolute atomic E-state index is 13.6. The van der Waals surface area contributed by atoms with Crippen molar-refractivity contribution in [3.05, 3.63) is 86.0 Å². The molecule has 1 aliphatic carbocycles. The van der Waals surface area contributed by atoms with Crippen molar-refractivity contribution < 1.29 is 0 Å². The zero-order valence-electron chi connectivity index (χ0n) is 19.3. The molecule has 0 fully saturated rings. The van der Waals surface area contributed by atoms with Crippen molar-refractivity contribution >= 4 is 15.9 Å². The molecule has 0 radical (unpaired) electrons. The Hall–Kier alpha value is -2.42. The summed E-state index contributed by atoms with van der Waals surface area (Å²) in [7, 11) is 1.97. The maximum Gasteiger partial charge on any atom is 0.257 e. The highest BCUT2D eigenvalue weighted by molar-refractivity contribution is 9.10. The lowest BCUT2D eigenvalue weighted by atomic mass is 10.1. The van der Waals surface area contributed by atoms with E-state index in [-0.39, 0.29) is 11.6 Å². The van der Waals surface area contributed by atoms with Crippen molar-refractivity contribution in [2.75, 3.05) is 20.1 Å². The minimum absolute atomic E-state index is 0.0114. The summed E-state index contributed by atoms with van der Waals surface area (Å²) in [5, 5.41) is 3.27. The van der Waals surface area contributed by atoms with Crippen LogP contribution in [0.4, 0.5) is 0 Å². The van der Waals surface area contributed by atoms with E-state index in [2.05, 4.69) is 67.3 Å². The molecule has 1 aromatic carbocycles. The maximum atomic E-state index is 13.6. The number of aromatic nitrogens is 4. The number of nitrogens with zero attached hydrogens (tertiary/aromatic N) is 5. The number of likely N-dealkylation sites (N-methyl/N-ethyl adjacent to an activating group) is 1. The zero-order chi connectivity index (χ0) is 23.2. The van der Waals surface area contributed by atoms with Gasteiger partial charge >= 0.3 is 0 Å². The SMILES string of the molecule is CCC(c1nc2c(c(=O)n1Cc1cnccn1)CCC2)N(CCNC)Cc1ccc(Br)cc1. The summed E-state index contributed by atoms with van der Waals surface area (Å²) >= 11 is 3.53. The molecule has 8 heteroatoms. The van der Waals surface area contributed by atoms with Crippen molar-refractivity contribution in [2.24, 2.45) is 0 Å². The number of aryl methyl sites for hydroxylation is 1. The van der Waals surface area contributed by atoms with Gasteiger partial charge in [0.15, 0.2) is 0 Å². The van der Waals surface area contributed by atoms with Crippen molar-refractivity contribution in [3.63, 3.8) is 0 Å². The second-order valence-electron chi connectivity index (χ2n) is 8.46. The molecule has 4 rings (SSSR count). The number of hydrogen-bond donors (Lipinski definition) is 1. The van der Waals surface area contributed by atoms with Gasteiger partial charge in [0.1, 0.15) is 5.82 Å². The molecular weight excluding hydrogens is 480 g/mol. The van der Waals surface area contributed by atoms with Crippen LogP contribution in [0.2, 0.25) is 0 Å². The monoisotopic (exact) mass is 510 g/mol. The molecular formula is C25H31BrN6O. The molecule has 2 aromatic heterocycles. The van der Waals surface area contributed by atoms with E-state index in [1.807, 2.05) is 11.6 Å². The summed E-state index contributed by atoms with van der Waals surface area (Å²) in [6.07, 6.45) is 8.58. The molecule has 174 valence electrons. The summed E-state index contributed by atoms with van der Waals surface area (Å²) in [5.41, 5.74) is 3.92. The third-order valence-corrected chi connectivity index (χ3v) is 6.76. The molecule has 0 saturated carbocycles. The molecule has 7 nitrogen and oxygen atoms in total. The number of hydrogen-bond acceptors (Lipinski definition) is 6. The number of nitrogens with one attached hydrogen (secondary N) is 1. The van der Waals surface area contributed by atoms with Crippen LogP contribution in [0.15, 0.2) is 52.1 Å². The highest BCUT2D eigenvalue weighted by Crippen LogP contribution is 2.27. The molecule has 2 heterocycles. The Labute approximate surface area is 203 Å². The minimum atomic E-state index is 0.0114. The van der Waals surface area contributed by atoms with Gasteiger partial charge in [-0.05, 0) is 50.4 Å². The van der Waals surface area contributed by atoms with Crippen LogP contribution in [0.5, 0.6) is 0 Å². The van der Waals surface area contributed by atoms with Gasteiger partial charge in [-0.15, -0.1) is 0 Å². The van der Waals surface area contributed by atoms with E-state index >= 15 is 0 Å². The van der Waals surface area contributed by atoms with Gasteiger partial charge in [-0.1, -0.05) is 35.0 Å². The Bertz CT molecular complexity index is 1120. The van der Waals surface area contributed by atoms with E-state index in [9.17, 15) is 4.79 Å². The molecule has 0 spiro atoms. The summed E-state index contributed by atoms with van der Waals surface area (Å²) in [5.74, 6) is 0.835. The summed E-state index contributed by atoms with van der Waals surface area (Å²) in [6, 6.07) is 8.45. The highest BCUT2D eigenvalue weighted by atomic mass is 79.9. The van der Waals surface area contributed by atoms with E-state index in [0.29, 0.717) is 6.54 Å². The Morgan fingerprint density at radius 3 is 2.73 bits per heavy atom. The Morgan fingerprint density at radius 2 is 2.03 bits per heavy atom. The van der Waals surface area contributed by atoms with Gasteiger partial charge in [0.05, 0.1) is 30.2 Å². The second-order valence-corrected chi connectivity index (χ2v) is 9.38. The standard InChI is InChI=1S/C25H31BrN6O/c1-3-23(31(14-13-27-2)16-18-7-9-19(26)10-8-18)24-30-22-6-4-5-21(22)25(33)32(24)17-20-15-28-11-12-29-20/h7-12,15,23,27H,3-6,13-14,16-17H2,1-2H3. The highest BCUT2D eigenvalue weighted by Gasteiger charge is 2.28. The van der Waals surface area contributed by atoms with Gasteiger partial charge in [-0.2, -0.15) is 0 Å². The molecule has 3 aromatic rings. The predicted molar refractivity (Wildman–Crippen MR) is 133 cm³/mol. The normalized spacial score (nSPS) is 13.9. The van der Waals surface area contributed by atoms with Gasteiger partial charge in [0, 0.05) is 42.1 Å². The smallest absolute Gasteiger partial charge is 0.257 e. The van der Waals surface area contributed by atoms with E-state index in [4.69, 9.17) is 4.98 Å². The fourth-order valence-electron chi connectivity index (χ4n) is 4.56. The molecule has 1 aliphatic rings. The lowest BCUT2D eigenvalue weighted by Crippen LogP contribution is -2.39. The third-order valence-electron chi connectivity index (χ3n) is 6.23. The van der Waals surface area contributed by atoms with Gasteiger partial charge in [-0.3, -0.25) is 24.2 Å². The summed E-state index contributed by atoms with van der Waals surface area (Å²) in [6.45, 7) is 5.04. The molecule has 0 amide bonds. The zero-order valence-corrected chi connectivity index (χ0v) is 20.9. The summed E-state index contributed by atoms with van der Waals surface area (Å²) in [4.78, 5) is 29.7. The fraction of sp³-hybridized carbons (Fsp3) is 0.440. The van der Waals surface area contributed by atoms with Crippen molar-refractivity contribution in [1.29, 1.82) is 0 Å². The first kappa shape index (κ1) is 23.7. The first-order chi connectivity index (χ1) is 16.1. The largest absolute Gasteiger partial charge is 0.318 e. The van der Waals surface area contributed by atoms with Gasteiger partial charge in [0.2, 0.25) is 0 Å².